The zero-order valence-corrected chi connectivity index (χ0v) is 10.4. The Morgan fingerprint density at radius 1 is 1.22 bits per heavy atom. The van der Waals surface area contributed by atoms with Gasteiger partial charge in [0.15, 0.2) is 0 Å². The minimum absolute atomic E-state index is 0.189. The van der Waals surface area contributed by atoms with E-state index in [0.29, 0.717) is 12.2 Å². The number of rotatable bonds is 4. The van der Waals surface area contributed by atoms with Crippen LogP contribution in [0.3, 0.4) is 0 Å². The maximum Gasteiger partial charge on any atom is 0.261 e. The van der Waals surface area contributed by atoms with Crippen molar-refractivity contribution in [3.05, 3.63) is 54.4 Å². The molecule has 3 N–H and O–H groups in total. The summed E-state index contributed by atoms with van der Waals surface area (Å²) < 4.78 is 26.6. The Labute approximate surface area is 106 Å². The molecule has 0 aliphatic carbocycles. The van der Waals surface area contributed by atoms with Crippen LogP contribution in [0.25, 0.3) is 0 Å². The Balaban J connectivity index is 2.31. The predicted molar refractivity (Wildman–Crippen MR) is 69.4 cm³/mol. The third kappa shape index (κ3) is 2.85. The van der Waals surface area contributed by atoms with Gasteiger partial charge in [-0.1, -0.05) is 12.1 Å². The van der Waals surface area contributed by atoms with Crippen molar-refractivity contribution in [3.63, 3.8) is 0 Å². The van der Waals surface area contributed by atoms with Crippen LogP contribution in [-0.2, 0) is 16.6 Å². The molecule has 0 aliphatic rings. The van der Waals surface area contributed by atoms with Gasteiger partial charge in [0.25, 0.3) is 10.0 Å². The van der Waals surface area contributed by atoms with Crippen LogP contribution in [0.15, 0.2) is 53.7 Å². The normalized spacial score (nSPS) is 11.2. The summed E-state index contributed by atoms with van der Waals surface area (Å²) in [6, 6.07) is 9.82. The molecule has 0 saturated carbocycles. The molecule has 0 amide bonds. The van der Waals surface area contributed by atoms with Crippen LogP contribution >= 0.6 is 0 Å². The third-order valence-electron chi connectivity index (χ3n) is 2.36. The van der Waals surface area contributed by atoms with Crippen LogP contribution in [-0.4, -0.2) is 13.4 Å². The van der Waals surface area contributed by atoms with Crippen LogP contribution < -0.4 is 10.5 Å². The van der Waals surface area contributed by atoms with Gasteiger partial charge >= 0.3 is 0 Å². The highest BCUT2D eigenvalue weighted by atomic mass is 32.2. The van der Waals surface area contributed by atoms with Crippen molar-refractivity contribution in [2.45, 2.75) is 11.4 Å². The fraction of sp³-hybridized carbons (Fsp3) is 0.0833. The molecule has 0 atom stereocenters. The Bertz CT molecular complexity index is 627. The first-order valence-corrected chi connectivity index (χ1v) is 6.82. The molecule has 1 aromatic heterocycles. The van der Waals surface area contributed by atoms with Crippen molar-refractivity contribution in [1.82, 2.24) is 4.98 Å². The van der Waals surface area contributed by atoms with Crippen molar-refractivity contribution in [3.8, 4) is 0 Å². The largest absolute Gasteiger partial charge is 0.326 e. The number of hydrogen-bond acceptors (Lipinski definition) is 4. The van der Waals surface area contributed by atoms with Crippen molar-refractivity contribution in [2.24, 2.45) is 5.73 Å². The van der Waals surface area contributed by atoms with Crippen molar-refractivity contribution in [2.75, 3.05) is 4.72 Å². The van der Waals surface area contributed by atoms with Gasteiger partial charge in [0.1, 0.15) is 0 Å². The first-order chi connectivity index (χ1) is 8.62. The highest BCUT2D eigenvalue weighted by Crippen LogP contribution is 2.15. The van der Waals surface area contributed by atoms with Crippen LogP contribution in [0, 0.1) is 0 Å². The summed E-state index contributed by atoms with van der Waals surface area (Å²) in [5.74, 6) is 0. The molecule has 2 rings (SSSR count). The average Bonchev–Trinajstić information content (AvgIpc) is 2.39. The molecule has 0 bridgehead atoms. The van der Waals surface area contributed by atoms with E-state index < -0.39 is 10.0 Å². The Morgan fingerprint density at radius 3 is 2.72 bits per heavy atom. The molecule has 0 radical (unpaired) electrons. The van der Waals surface area contributed by atoms with E-state index in [1.165, 1.54) is 12.3 Å². The number of aromatic nitrogens is 1. The maximum absolute atomic E-state index is 12.1. The van der Waals surface area contributed by atoms with E-state index in [1.807, 2.05) is 0 Å². The summed E-state index contributed by atoms with van der Waals surface area (Å²) in [7, 11) is -3.59. The van der Waals surface area contributed by atoms with E-state index in [-0.39, 0.29) is 4.90 Å². The number of benzene rings is 1. The summed E-state index contributed by atoms with van der Waals surface area (Å²) in [5, 5.41) is 0. The van der Waals surface area contributed by atoms with E-state index >= 15 is 0 Å². The Morgan fingerprint density at radius 2 is 2.06 bits per heavy atom. The average molecular weight is 263 g/mol. The number of pyridine rings is 1. The minimum Gasteiger partial charge on any atom is -0.326 e. The van der Waals surface area contributed by atoms with Gasteiger partial charge in [-0.3, -0.25) is 9.71 Å². The van der Waals surface area contributed by atoms with Gasteiger partial charge < -0.3 is 5.73 Å². The summed E-state index contributed by atoms with van der Waals surface area (Å²) in [6.07, 6.45) is 3.02. The summed E-state index contributed by atoms with van der Waals surface area (Å²) in [4.78, 5) is 4.04. The van der Waals surface area contributed by atoms with E-state index in [1.54, 1.807) is 36.5 Å². The smallest absolute Gasteiger partial charge is 0.261 e. The fourth-order valence-electron chi connectivity index (χ4n) is 1.48. The predicted octanol–water partition coefficient (Wildman–Crippen LogP) is 1.34. The van der Waals surface area contributed by atoms with Gasteiger partial charge in [-0.2, -0.15) is 0 Å². The Hall–Kier alpha value is -1.92. The summed E-state index contributed by atoms with van der Waals surface area (Å²) >= 11 is 0. The van der Waals surface area contributed by atoms with Crippen LogP contribution in [0.1, 0.15) is 5.56 Å². The van der Waals surface area contributed by atoms with E-state index in [9.17, 15) is 8.42 Å². The summed E-state index contributed by atoms with van der Waals surface area (Å²) in [5.41, 5.74) is 6.68. The molecule has 18 heavy (non-hydrogen) atoms. The lowest BCUT2D eigenvalue weighted by Crippen LogP contribution is -2.13. The molecule has 0 spiro atoms. The standard InChI is InChI=1S/C12H13N3O2S/c13-8-10-3-1-5-12(7-10)18(16,17)15-11-4-2-6-14-9-11/h1-7,9,15H,8,13H2. The number of nitrogens with two attached hydrogens (primary N) is 1. The minimum atomic E-state index is -3.59. The zero-order chi connectivity index (χ0) is 13.0. The maximum atomic E-state index is 12.1. The lowest BCUT2D eigenvalue weighted by molar-refractivity contribution is 0.601. The molecular formula is C12H13N3O2S. The van der Waals surface area contributed by atoms with Crippen LogP contribution in [0.5, 0.6) is 0 Å². The monoisotopic (exact) mass is 263 g/mol. The Kier molecular flexibility index (Phi) is 3.59. The molecule has 6 heteroatoms. The number of sulfonamides is 1. The highest BCUT2D eigenvalue weighted by molar-refractivity contribution is 7.92. The van der Waals surface area contributed by atoms with Crippen molar-refractivity contribution < 1.29 is 8.42 Å². The quantitative estimate of drug-likeness (QED) is 0.871. The van der Waals surface area contributed by atoms with E-state index in [0.717, 1.165) is 5.56 Å². The fourth-order valence-corrected chi connectivity index (χ4v) is 2.59. The third-order valence-corrected chi connectivity index (χ3v) is 3.74. The number of nitrogens with one attached hydrogen (secondary N) is 1. The van der Waals surface area contributed by atoms with Gasteiger partial charge in [0.2, 0.25) is 0 Å². The van der Waals surface area contributed by atoms with E-state index in [4.69, 9.17) is 5.73 Å². The SMILES string of the molecule is NCc1cccc(S(=O)(=O)Nc2cccnc2)c1. The van der Waals surface area contributed by atoms with E-state index in [2.05, 4.69) is 9.71 Å². The van der Waals surface area contributed by atoms with Crippen molar-refractivity contribution >= 4 is 15.7 Å². The first kappa shape index (κ1) is 12.5. The lowest BCUT2D eigenvalue weighted by atomic mass is 10.2. The molecule has 1 aromatic carbocycles. The molecule has 0 unspecified atom stereocenters. The van der Waals surface area contributed by atoms with Crippen LogP contribution in [0.2, 0.25) is 0 Å². The van der Waals surface area contributed by atoms with Gasteiger partial charge in [-0.05, 0) is 29.8 Å². The zero-order valence-electron chi connectivity index (χ0n) is 9.58. The topological polar surface area (TPSA) is 85.1 Å². The van der Waals surface area contributed by atoms with Crippen molar-refractivity contribution in [1.29, 1.82) is 0 Å². The molecule has 0 aliphatic heterocycles. The second kappa shape index (κ2) is 5.16. The molecular weight excluding hydrogens is 250 g/mol. The molecule has 0 fully saturated rings. The summed E-state index contributed by atoms with van der Waals surface area (Å²) in [6.45, 7) is 0.302. The number of hydrogen-bond donors (Lipinski definition) is 2. The number of nitrogens with zero attached hydrogens (tertiary/aromatic N) is 1. The van der Waals surface area contributed by atoms with Gasteiger partial charge in [-0.15, -0.1) is 0 Å². The lowest BCUT2D eigenvalue weighted by Gasteiger charge is -2.08. The molecule has 5 nitrogen and oxygen atoms in total. The second-order valence-electron chi connectivity index (χ2n) is 3.70. The van der Waals surface area contributed by atoms with Gasteiger partial charge in [-0.25, -0.2) is 8.42 Å². The second-order valence-corrected chi connectivity index (χ2v) is 5.38. The highest BCUT2D eigenvalue weighted by Gasteiger charge is 2.14. The molecule has 1 heterocycles. The first-order valence-electron chi connectivity index (χ1n) is 5.34. The molecule has 2 aromatic rings. The number of anilines is 1. The van der Waals surface area contributed by atoms with Gasteiger partial charge in [0.05, 0.1) is 16.8 Å². The van der Waals surface area contributed by atoms with Crippen LogP contribution in [0.4, 0.5) is 5.69 Å². The molecule has 94 valence electrons. The van der Waals surface area contributed by atoms with Gasteiger partial charge in [0, 0.05) is 12.7 Å². The molecule has 0 saturated heterocycles.